The molecule has 0 heterocycles. The summed E-state index contributed by atoms with van der Waals surface area (Å²) < 4.78 is 69.1. The molecule has 1 heteroatoms. The molecule has 0 aliphatic rings. The van der Waals surface area contributed by atoms with Crippen LogP contribution in [0.1, 0.15) is 40.2 Å². The third-order valence-electron chi connectivity index (χ3n) is 0.273. The molecule has 0 spiro atoms. The van der Waals surface area contributed by atoms with Crippen molar-refractivity contribution in [1.29, 1.82) is 0 Å². The summed E-state index contributed by atoms with van der Waals surface area (Å²) in [6, 6.07) is 0. The van der Waals surface area contributed by atoms with Crippen LogP contribution in [0.3, 0.4) is 0 Å². The lowest BCUT2D eigenvalue weighted by Gasteiger charge is -1.98. The van der Waals surface area contributed by atoms with E-state index >= 15 is 0 Å². The molecule has 0 saturated heterocycles. The minimum Gasteiger partial charge on any atom is -0.393 e. The second-order valence-electron chi connectivity index (χ2n) is 0.691. The fourth-order valence-corrected chi connectivity index (χ4v) is 0.0361. The van der Waals surface area contributed by atoms with Gasteiger partial charge in [-0.05, 0) is 12.7 Å². The Balaban J connectivity index is 5.30. The largest absolute Gasteiger partial charge is 0.393 e. The zero-order valence-electron chi connectivity index (χ0n) is 13.0. The molecule has 0 rings (SSSR count). The monoisotopic (exact) mass is 98.2 g/mol. The molecule has 0 saturated carbocycles. The maximum Gasteiger partial charge on any atom is 0.0535 e. The van der Waals surface area contributed by atoms with E-state index in [2.05, 4.69) is 0 Å². The highest BCUT2D eigenvalue weighted by Gasteiger charge is 1.90. The van der Waals surface area contributed by atoms with Gasteiger partial charge in [-0.3, -0.25) is 0 Å². The predicted octanol–water partition coefficient (Wildman–Crippen LogP) is 1.17. The predicted molar refractivity (Wildman–Crippen MR) is 26.6 cm³/mol. The van der Waals surface area contributed by atoms with Crippen LogP contribution in [0.4, 0.5) is 0 Å². The number of hydrogen-bond donors (Lipinski definition) is 1. The van der Waals surface area contributed by atoms with Gasteiger partial charge in [-0.15, -0.1) is 0 Å². The summed E-state index contributed by atoms with van der Waals surface area (Å²) in [7, 11) is 0. The first-order valence-corrected chi connectivity index (χ1v) is 1.34. The highest BCUT2D eigenvalue weighted by molar-refractivity contribution is 4.43. The third-order valence-corrected chi connectivity index (χ3v) is 0.273. The summed E-state index contributed by atoms with van der Waals surface area (Å²) in [6.07, 6.45) is -9.46. The van der Waals surface area contributed by atoms with Crippen molar-refractivity contribution >= 4 is 0 Å². The molecule has 0 aromatic carbocycles. The Kier molecular flexibility index (Phi) is 0.345. The van der Waals surface area contributed by atoms with Gasteiger partial charge in [0.1, 0.15) is 0 Å². The molecule has 1 nitrogen and oxygen atoms in total. The molecule has 0 bridgehead atoms. The lowest BCUT2D eigenvalue weighted by Crippen LogP contribution is -1.99. The van der Waals surface area contributed by atoms with E-state index in [1.807, 2.05) is 0 Å². The molecule has 0 aromatic heterocycles. The van der Waals surface area contributed by atoms with E-state index < -0.39 is 32.6 Å². The maximum absolute atomic E-state index is 9.31. The summed E-state index contributed by atoms with van der Waals surface area (Å²) in [5, 5.41) is 9.31. The van der Waals surface area contributed by atoms with Crippen molar-refractivity contribution in [2.75, 3.05) is 0 Å². The van der Waals surface area contributed by atoms with Crippen LogP contribution in [0.15, 0.2) is 0 Å². The Bertz CT molecular complexity index is 223. The molecule has 0 aliphatic heterocycles. The molecular formula is C5H12O. The molecule has 0 aromatic rings. The topological polar surface area (TPSA) is 20.2 Å². The Morgan fingerprint density at radius 3 is 2.67 bits per heavy atom. The first-order valence-electron chi connectivity index (χ1n) is 6.34. The SMILES string of the molecule is [2H]C([2H])([2H])C([2H])([2H])C(O)C([2H])([2H])C([2H])([2H])[2H]. The Morgan fingerprint density at radius 2 is 2.33 bits per heavy atom. The molecule has 0 fully saturated rings. The number of aliphatic hydroxyl groups is 1. The van der Waals surface area contributed by atoms with Crippen molar-refractivity contribution in [2.45, 2.75) is 32.6 Å². The first-order chi connectivity index (χ1) is 6.65. The third kappa shape index (κ3) is 2.21. The highest BCUT2D eigenvalue weighted by atomic mass is 16.3. The van der Waals surface area contributed by atoms with Gasteiger partial charge in [0, 0.05) is 13.7 Å². The van der Waals surface area contributed by atoms with Crippen molar-refractivity contribution in [2.24, 2.45) is 0 Å². The van der Waals surface area contributed by atoms with Crippen molar-refractivity contribution in [1.82, 2.24) is 0 Å². The van der Waals surface area contributed by atoms with Gasteiger partial charge in [0.15, 0.2) is 0 Å². The quantitative estimate of drug-likeness (QED) is 0.549. The van der Waals surface area contributed by atoms with Crippen LogP contribution in [0.2, 0.25) is 0 Å². The van der Waals surface area contributed by atoms with Crippen LogP contribution in [0.5, 0.6) is 0 Å². The Hall–Kier alpha value is -0.0400. The van der Waals surface area contributed by atoms with Gasteiger partial charge in [0.05, 0.1) is 6.10 Å². The smallest absolute Gasteiger partial charge is 0.0535 e. The second-order valence-corrected chi connectivity index (χ2v) is 0.691. The van der Waals surface area contributed by atoms with Gasteiger partial charge in [-0.1, -0.05) is 13.7 Å². The van der Waals surface area contributed by atoms with E-state index in [1.54, 1.807) is 0 Å². The first kappa shape index (κ1) is 0.655. The minimum atomic E-state index is -3.34. The zero-order valence-corrected chi connectivity index (χ0v) is 3.02. The van der Waals surface area contributed by atoms with E-state index in [-0.39, 0.29) is 0 Å². The Labute approximate surface area is 53.0 Å². The number of rotatable bonds is 2. The average molecular weight is 98.2 g/mol. The van der Waals surface area contributed by atoms with Crippen LogP contribution in [0.25, 0.3) is 0 Å². The van der Waals surface area contributed by atoms with E-state index in [4.69, 9.17) is 13.7 Å². The molecule has 0 radical (unpaired) electrons. The maximum atomic E-state index is 9.31. The minimum absolute atomic E-state index is 2.78. The number of hydrogen-bond acceptors (Lipinski definition) is 1. The number of aliphatic hydroxyl groups excluding tert-OH is 1. The summed E-state index contributed by atoms with van der Waals surface area (Å²) in [5.74, 6) is 0. The molecule has 0 amide bonds. The Morgan fingerprint density at radius 1 is 1.83 bits per heavy atom. The van der Waals surface area contributed by atoms with Crippen LogP contribution in [0, 0.1) is 0 Å². The average Bonchev–Trinajstić information content (AvgIpc) is 1.98. The van der Waals surface area contributed by atoms with Crippen molar-refractivity contribution < 1.29 is 18.8 Å². The summed E-state index contributed by atoms with van der Waals surface area (Å²) in [4.78, 5) is 0. The lowest BCUT2D eigenvalue weighted by atomic mass is 10.2. The highest BCUT2D eigenvalue weighted by Crippen LogP contribution is 1.91. The normalized spacial score (nSPS) is 43.7. The summed E-state index contributed by atoms with van der Waals surface area (Å²) in [5.41, 5.74) is 0. The van der Waals surface area contributed by atoms with Gasteiger partial charge < -0.3 is 5.11 Å². The van der Waals surface area contributed by atoms with Crippen LogP contribution < -0.4 is 0 Å². The molecule has 38 valence electrons. The van der Waals surface area contributed by atoms with E-state index in [0.717, 1.165) is 0 Å². The van der Waals surface area contributed by atoms with Gasteiger partial charge in [-0.2, -0.15) is 0 Å². The molecule has 0 atom stereocenters. The molecule has 0 unspecified atom stereocenters. The van der Waals surface area contributed by atoms with Crippen molar-refractivity contribution in [3.8, 4) is 0 Å². The molecule has 6 heavy (non-hydrogen) atoms. The van der Waals surface area contributed by atoms with Crippen LogP contribution in [-0.4, -0.2) is 11.2 Å². The van der Waals surface area contributed by atoms with E-state index in [0.29, 0.717) is 0 Å². The molecule has 1 N–H and O–H groups in total. The second kappa shape index (κ2) is 3.16. The fourth-order valence-electron chi connectivity index (χ4n) is 0.0361. The lowest BCUT2D eigenvalue weighted by molar-refractivity contribution is 0.166. The summed E-state index contributed by atoms with van der Waals surface area (Å²) >= 11 is 0. The van der Waals surface area contributed by atoms with Gasteiger partial charge in [-0.25, -0.2) is 0 Å². The van der Waals surface area contributed by atoms with Crippen LogP contribution >= 0.6 is 0 Å². The van der Waals surface area contributed by atoms with Crippen molar-refractivity contribution in [3.05, 3.63) is 0 Å². The fraction of sp³-hybridized carbons (Fsp3) is 1.00. The standard InChI is InChI=1S/C5H12O/c1-3-5(6)4-2/h5-6H,3-4H2,1-2H3/i1D3,2D3,3D2,4D2. The van der Waals surface area contributed by atoms with Gasteiger partial charge in [0.2, 0.25) is 0 Å². The van der Waals surface area contributed by atoms with E-state index in [1.165, 1.54) is 0 Å². The van der Waals surface area contributed by atoms with Crippen molar-refractivity contribution in [3.63, 3.8) is 0 Å². The molecule has 0 aliphatic carbocycles. The van der Waals surface area contributed by atoms with E-state index in [9.17, 15) is 5.11 Å². The van der Waals surface area contributed by atoms with Crippen LogP contribution in [-0.2, 0) is 0 Å². The van der Waals surface area contributed by atoms with Gasteiger partial charge >= 0.3 is 0 Å². The van der Waals surface area contributed by atoms with Gasteiger partial charge in [0.25, 0.3) is 0 Å². The molecular weight excluding hydrogens is 76.1 g/mol. The zero-order chi connectivity index (χ0) is 13.6. The summed E-state index contributed by atoms with van der Waals surface area (Å²) in [6.45, 7) is -6.63.